The van der Waals surface area contributed by atoms with Crippen LogP contribution in [0, 0.1) is 11.8 Å². The van der Waals surface area contributed by atoms with Crippen molar-refractivity contribution in [1.29, 1.82) is 0 Å². The molecule has 0 aliphatic carbocycles. The minimum Gasteiger partial charge on any atom is -0.311 e. The fraction of sp³-hybridized carbons (Fsp3) is 0.706. The van der Waals surface area contributed by atoms with Crippen molar-refractivity contribution in [1.82, 2.24) is 15.2 Å². The molecule has 0 aromatic carbocycles. The topological polar surface area (TPSA) is 28.2 Å². The minimum absolute atomic E-state index is 0.832. The van der Waals surface area contributed by atoms with E-state index in [9.17, 15) is 0 Å². The number of hydrogen-bond acceptors (Lipinski definition) is 3. The molecule has 0 atom stereocenters. The smallest absolute Gasteiger partial charge is 0.0547 e. The SMILES string of the molecule is CCNCc1cccc(CN2CCC(C(C)C)CC2)n1. The lowest BCUT2D eigenvalue weighted by Crippen LogP contribution is -2.35. The molecule has 1 aromatic heterocycles. The molecule has 0 amide bonds. The number of hydrogen-bond donors (Lipinski definition) is 1. The second-order valence-corrected chi connectivity index (χ2v) is 6.26. The Hall–Kier alpha value is -0.930. The maximum Gasteiger partial charge on any atom is 0.0547 e. The van der Waals surface area contributed by atoms with Crippen LogP contribution in [0.1, 0.15) is 45.0 Å². The van der Waals surface area contributed by atoms with Crippen LogP contribution in [-0.2, 0) is 13.1 Å². The molecule has 2 heterocycles. The van der Waals surface area contributed by atoms with Gasteiger partial charge in [-0.25, -0.2) is 0 Å². The van der Waals surface area contributed by atoms with Crippen molar-refractivity contribution >= 4 is 0 Å². The lowest BCUT2D eigenvalue weighted by molar-refractivity contribution is 0.150. The third-order valence-electron chi connectivity index (χ3n) is 4.38. The van der Waals surface area contributed by atoms with E-state index in [0.29, 0.717) is 0 Å². The van der Waals surface area contributed by atoms with E-state index in [1.165, 1.54) is 31.6 Å². The van der Waals surface area contributed by atoms with Gasteiger partial charge in [-0.3, -0.25) is 9.88 Å². The standard InChI is InChI=1S/C17H29N3/c1-4-18-12-16-6-5-7-17(19-16)13-20-10-8-15(9-11-20)14(2)3/h5-7,14-15,18H,4,8-13H2,1-3H3. The van der Waals surface area contributed by atoms with Gasteiger partial charge in [-0.1, -0.05) is 26.8 Å². The third-order valence-corrected chi connectivity index (χ3v) is 4.38. The van der Waals surface area contributed by atoms with Gasteiger partial charge in [0.2, 0.25) is 0 Å². The van der Waals surface area contributed by atoms with Gasteiger partial charge in [-0.15, -0.1) is 0 Å². The lowest BCUT2D eigenvalue weighted by atomic mass is 9.87. The van der Waals surface area contributed by atoms with E-state index < -0.39 is 0 Å². The Kier molecular flexibility index (Phi) is 5.99. The highest BCUT2D eigenvalue weighted by Gasteiger charge is 2.21. The van der Waals surface area contributed by atoms with Gasteiger partial charge in [0.05, 0.1) is 11.4 Å². The summed E-state index contributed by atoms with van der Waals surface area (Å²) < 4.78 is 0. The van der Waals surface area contributed by atoms with Crippen molar-refractivity contribution in [2.75, 3.05) is 19.6 Å². The first kappa shape index (κ1) is 15.5. The first-order valence-electron chi connectivity index (χ1n) is 8.07. The van der Waals surface area contributed by atoms with E-state index in [2.05, 4.69) is 49.2 Å². The maximum atomic E-state index is 4.75. The molecule has 1 aliphatic heterocycles. The summed E-state index contributed by atoms with van der Waals surface area (Å²) in [6.45, 7) is 12.2. The van der Waals surface area contributed by atoms with Crippen LogP contribution in [-0.4, -0.2) is 29.5 Å². The molecule has 112 valence electrons. The zero-order chi connectivity index (χ0) is 14.4. The van der Waals surface area contributed by atoms with Crippen molar-refractivity contribution in [2.24, 2.45) is 11.8 Å². The number of nitrogens with zero attached hydrogens (tertiary/aromatic N) is 2. The van der Waals surface area contributed by atoms with Crippen LogP contribution in [0.3, 0.4) is 0 Å². The third kappa shape index (κ3) is 4.57. The largest absolute Gasteiger partial charge is 0.311 e. The first-order valence-corrected chi connectivity index (χ1v) is 8.07. The van der Waals surface area contributed by atoms with Gasteiger partial charge >= 0.3 is 0 Å². The predicted molar refractivity (Wildman–Crippen MR) is 84.5 cm³/mol. The fourth-order valence-corrected chi connectivity index (χ4v) is 2.98. The Morgan fingerprint density at radius 1 is 1.25 bits per heavy atom. The molecular weight excluding hydrogens is 246 g/mol. The van der Waals surface area contributed by atoms with Gasteiger partial charge < -0.3 is 5.32 Å². The van der Waals surface area contributed by atoms with Gasteiger partial charge in [0, 0.05) is 13.1 Å². The van der Waals surface area contributed by atoms with Gasteiger partial charge in [0.25, 0.3) is 0 Å². The molecule has 1 fully saturated rings. The van der Waals surface area contributed by atoms with E-state index in [0.717, 1.165) is 37.2 Å². The van der Waals surface area contributed by atoms with Crippen LogP contribution < -0.4 is 5.32 Å². The Morgan fingerprint density at radius 3 is 2.60 bits per heavy atom. The zero-order valence-corrected chi connectivity index (χ0v) is 13.2. The monoisotopic (exact) mass is 275 g/mol. The molecule has 3 heteroatoms. The molecule has 1 aromatic rings. The van der Waals surface area contributed by atoms with Crippen molar-refractivity contribution in [3.8, 4) is 0 Å². The van der Waals surface area contributed by atoms with Gasteiger partial charge in [0.15, 0.2) is 0 Å². The summed E-state index contributed by atoms with van der Waals surface area (Å²) in [5, 5.41) is 3.34. The molecule has 0 radical (unpaired) electrons. The minimum atomic E-state index is 0.832. The number of likely N-dealkylation sites (tertiary alicyclic amines) is 1. The molecule has 20 heavy (non-hydrogen) atoms. The molecule has 0 saturated carbocycles. The molecule has 1 aliphatic rings. The van der Waals surface area contributed by atoms with Gasteiger partial charge in [0.1, 0.15) is 0 Å². The highest BCUT2D eigenvalue weighted by Crippen LogP contribution is 2.25. The van der Waals surface area contributed by atoms with Crippen LogP contribution in [0.25, 0.3) is 0 Å². The summed E-state index contributed by atoms with van der Waals surface area (Å²) in [6, 6.07) is 6.40. The number of rotatable bonds is 6. The van der Waals surface area contributed by atoms with Crippen LogP contribution >= 0.6 is 0 Å². The van der Waals surface area contributed by atoms with Crippen molar-refractivity contribution < 1.29 is 0 Å². The fourth-order valence-electron chi connectivity index (χ4n) is 2.98. The summed E-state index contributed by atoms with van der Waals surface area (Å²) in [7, 11) is 0. The Morgan fingerprint density at radius 2 is 1.95 bits per heavy atom. The molecule has 0 bridgehead atoms. The second kappa shape index (κ2) is 7.75. The summed E-state index contributed by atoms with van der Waals surface area (Å²) in [6.07, 6.45) is 2.68. The van der Waals surface area contributed by atoms with Gasteiger partial charge in [-0.2, -0.15) is 0 Å². The molecule has 1 N–H and O–H groups in total. The lowest BCUT2D eigenvalue weighted by Gasteiger charge is -2.33. The maximum absolute atomic E-state index is 4.75. The summed E-state index contributed by atoms with van der Waals surface area (Å²) in [5.41, 5.74) is 2.37. The first-order chi connectivity index (χ1) is 9.69. The molecule has 0 unspecified atom stereocenters. The molecule has 1 saturated heterocycles. The zero-order valence-electron chi connectivity index (χ0n) is 13.2. The predicted octanol–water partition coefficient (Wildman–Crippen LogP) is 3.06. The summed E-state index contributed by atoms with van der Waals surface area (Å²) in [4.78, 5) is 7.31. The normalized spacial score (nSPS) is 17.8. The van der Waals surface area contributed by atoms with Crippen LogP contribution in [0.4, 0.5) is 0 Å². The molecule has 3 nitrogen and oxygen atoms in total. The Bertz CT molecular complexity index is 395. The highest BCUT2D eigenvalue weighted by atomic mass is 15.1. The molecule has 2 rings (SSSR count). The van der Waals surface area contributed by atoms with Crippen molar-refractivity contribution in [3.05, 3.63) is 29.6 Å². The summed E-state index contributed by atoms with van der Waals surface area (Å²) in [5.74, 6) is 1.75. The molecule has 0 spiro atoms. The van der Waals surface area contributed by atoms with Crippen molar-refractivity contribution in [3.63, 3.8) is 0 Å². The van der Waals surface area contributed by atoms with Crippen LogP contribution in [0.15, 0.2) is 18.2 Å². The average Bonchev–Trinajstić information content (AvgIpc) is 2.46. The number of piperidine rings is 1. The van der Waals surface area contributed by atoms with E-state index >= 15 is 0 Å². The van der Waals surface area contributed by atoms with E-state index in [4.69, 9.17) is 4.98 Å². The second-order valence-electron chi connectivity index (χ2n) is 6.26. The van der Waals surface area contributed by atoms with Gasteiger partial charge in [-0.05, 0) is 56.4 Å². The highest BCUT2D eigenvalue weighted by molar-refractivity contribution is 5.11. The van der Waals surface area contributed by atoms with E-state index in [-0.39, 0.29) is 0 Å². The van der Waals surface area contributed by atoms with Crippen LogP contribution in [0.2, 0.25) is 0 Å². The average molecular weight is 275 g/mol. The number of nitrogens with one attached hydrogen (secondary N) is 1. The number of aromatic nitrogens is 1. The Balaban J connectivity index is 1.84. The molecular formula is C17H29N3. The quantitative estimate of drug-likeness (QED) is 0.865. The van der Waals surface area contributed by atoms with Crippen LogP contribution in [0.5, 0.6) is 0 Å². The van der Waals surface area contributed by atoms with E-state index in [1.54, 1.807) is 0 Å². The van der Waals surface area contributed by atoms with E-state index in [1.807, 2.05) is 0 Å². The Labute approximate surface area is 123 Å². The summed E-state index contributed by atoms with van der Waals surface area (Å²) >= 11 is 0. The van der Waals surface area contributed by atoms with Crippen molar-refractivity contribution in [2.45, 2.75) is 46.7 Å². The number of pyridine rings is 1.